The molecule has 0 heterocycles. The van der Waals surface area contributed by atoms with E-state index in [1.807, 2.05) is 25.1 Å². The number of carbonyl (C=O) groups excluding carboxylic acids is 3. The number of carbonyl (C=O) groups is 3. The smallest absolute Gasteiger partial charge is 0.306 e. The van der Waals surface area contributed by atoms with Gasteiger partial charge in [-0.25, -0.2) is 0 Å². The van der Waals surface area contributed by atoms with Crippen LogP contribution >= 0.6 is 0 Å². The second-order valence-corrected chi connectivity index (χ2v) is 5.67. The molecule has 2 N–H and O–H groups in total. The van der Waals surface area contributed by atoms with Crippen molar-refractivity contribution in [2.75, 3.05) is 17.2 Å². The molecule has 0 saturated heterocycles. The van der Waals surface area contributed by atoms with Gasteiger partial charge in [0.15, 0.2) is 6.61 Å². The van der Waals surface area contributed by atoms with E-state index >= 15 is 0 Å². The minimum Gasteiger partial charge on any atom is -0.456 e. The molecule has 0 saturated carbocycles. The first-order chi connectivity index (χ1) is 12.6. The Morgan fingerprint density at radius 2 is 1.42 bits per heavy atom. The maximum Gasteiger partial charge on any atom is 0.306 e. The highest BCUT2D eigenvalue weighted by Crippen LogP contribution is 2.10. The van der Waals surface area contributed by atoms with Gasteiger partial charge in [-0.3, -0.25) is 14.4 Å². The van der Waals surface area contributed by atoms with Gasteiger partial charge in [-0.1, -0.05) is 37.3 Å². The van der Waals surface area contributed by atoms with Crippen molar-refractivity contribution in [3.05, 3.63) is 60.2 Å². The van der Waals surface area contributed by atoms with Crippen molar-refractivity contribution < 1.29 is 19.1 Å². The Balaban J connectivity index is 1.65. The number of hydrogen-bond acceptors (Lipinski definition) is 4. The molecule has 0 aliphatic heterocycles. The van der Waals surface area contributed by atoms with Crippen molar-refractivity contribution >= 4 is 29.2 Å². The van der Waals surface area contributed by atoms with Gasteiger partial charge in [0.1, 0.15) is 0 Å². The van der Waals surface area contributed by atoms with E-state index in [9.17, 15) is 14.4 Å². The molecule has 0 aliphatic carbocycles. The maximum atomic E-state index is 11.8. The van der Waals surface area contributed by atoms with Crippen molar-refractivity contribution in [2.45, 2.75) is 26.2 Å². The summed E-state index contributed by atoms with van der Waals surface area (Å²) >= 11 is 0. The molecule has 6 nitrogen and oxygen atoms in total. The van der Waals surface area contributed by atoms with Crippen LogP contribution in [-0.2, 0) is 25.5 Å². The Hall–Kier alpha value is -3.15. The highest BCUT2D eigenvalue weighted by Gasteiger charge is 2.11. The van der Waals surface area contributed by atoms with Gasteiger partial charge in [-0.15, -0.1) is 0 Å². The molecular formula is C20H22N2O4. The van der Waals surface area contributed by atoms with Gasteiger partial charge in [0.25, 0.3) is 5.91 Å². The molecule has 2 aromatic carbocycles. The largest absolute Gasteiger partial charge is 0.456 e. The van der Waals surface area contributed by atoms with Crippen molar-refractivity contribution in [3.8, 4) is 0 Å². The van der Waals surface area contributed by atoms with Gasteiger partial charge in [-0.2, -0.15) is 0 Å². The number of para-hydroxylation sites is 1. The Bertz CT molecular complexity index is 742. The van der Waals surface area contributed by atoms with Crippen LogP contribution in [0, 0.1) is 0 Å². The number of anilines is 2. The number of benzene rings is 2. The normalized spacial score (nSPS) is 10.0. The van der Waals surface area contributed by atoms with E-state index in [1.165, 1.54) is 5.56 Å². The number of amides is 2. The Morgan fingerprint density at radius 1 is 0.808 bits per heavy atom. The van der Waals surface area contributed by atoms with Crippen LogP contribution in [0.1, 0.15) is 25.3 Å². The summed E-state index contributed by atoms with van der Waals surface area (Å²) in [5.74, 6) is -1.30. The molecule has 0 fully saturated rings. The van der Waals surface area contributed by atoms with Crippen LogP contribution in [0.2, 0.25) is 0 Å². The average Bonchev–Trinajstić information content (AvgIpc) is 2.66. The first-order valence-corrected chi connectivity index (χ1v) is 8.46. The van der Waals surface area contributed by atoms with Gasteiger partial charge in [0, 0.05) is 17.8 Å². The minimum atomic E-state index is -0.593. The SMILES string of the molecule is CCc1ccc(NC(=O)COC(=O)CCC(=O)Nc2ccccc2)cc1. The molecule has 2 amide bonds. The fourth-order valence-electron chi connectivity index (χ4n) is 2.20. The molecule has 0 aliphatic rings. The van der Waals surface area contributed by atoms with Crippen LogP contribution in [0.3, 0.4) is 0 Å². The summed E-state index contributed by atoms with van der Waals surface area (Å²) in [6.45, 7) is 1.67. The fourth-order valence-corrected chi connectivity index (χ4v) is 2.20. The summed E-state index contributed by atoms with van der Waals surface area (Å²) in [5.41, 5.74) is 2.48. The zero-order valence-corrected chi connectivity index (χ0v) is 14.7. The van der Waals surface area contributed by atoms with Crippen molar-refractivity contribution in [1.82, 2.24) is 0 Å². The molecule has 0 aromatic heterocycles. The van der Waals surface area contributed by atoms with Crippen molar-refractivity contribution in [3.63, 3.8) is 0 Å². The standard InChI is InChI=1S/C20H22N2O4/c1-2-15-8-10-17(11-9-15)22-19(24)14-26-20(25)13-12-18(23)21-16-6-4-3-5-7-16/h3-11H,2,12-14H2,1H3,(H,21,23)(H,22,24). The third kappa shape index (κ3) is 6.76. The first-order valence-electron chi connectivity index (χ1n) is 8.46. The topological polar surface area (TPSA) is 84.5 Å². The molecule has 2 aromatic rings. The lowest BCUT2D eigenvalue weighted by Crippen LogP contribution is -2.21. The molecule has 0 atom stereocenters. The van der Waals surface area contributed by atoms with Gasteiger partial charge in [0.2, 0.25) is 5.91 Å². The quantitative estimate of drug-likeness (QED) is 0.713. The monoisotopic (exact) mass is 354 g/mol. The maximum absolute atomic E-state index is 11.8. The van der Waals surface area contributed by atoms with Gasteiger partial charge in [-0.05, 0) is 36.2 Å². The molecule has 0 bridgehead atoms. The average molecular weight is 354 g/mol. The van der Waals surface area contributed by atoms with E-state index in [1.54, 1.807) is 36.4 Å². The number of ether oxygens (including phenoxy) is 1. The van der Waals surface area contributed by atoms with Gasteiger partial charge in [0.05, 0.1) is 6.42 Å². The number of rotatable bonds is 8. The van der Waals surface area contributed by atoms with E-state index in [-0.39, 0.29) is 25.4 Å². The number of hydrogen-bond donors (Lipinski definition) is 2. The number of aryl methyl sites for hydroxylation is 1. The molecule has 136 valence electrons. The summed E-state index contributed by atoms with van der Waals surface area (Å²) < 4.78 is 4.89. The summed E-state index contributed by atoms with van der Waals surface area (Å²) in [5, 5.41) is 5.33. The summed E-state index contributed by atoms with van der Waals surface area (Å²) in [7, 11) is 0. The molecule has 6 heteroatoms. The minimum absolute atomic E-state index is 0.00612. The van der Waals surface area contributed by atoms with Crippen LogP contribution in [0.25, 0.3) is 0 Å². The molecule has 2 rings (SSSR count). The van der Waals surface area contributed by atoms with Gasteiger partial charge >= 0.3 is 5.97 Å². The Kier molecular flexibility index (Phi) is 7.36. The highest BCUT2D eigenvalue weighted by molar-refractivity contribution is 5.94. The van der Waals surface area contributed by atoms with E-state index < -0.39 is 11.9 Å². The highest BCUT2D eigenvalue weighted by atomic mass is 16.5. The lowest BCUT2D eigenvalue weighted by molar-refractivity contribution is -0.147. The number of nitrogens with one attached hydrogen (secondary N) is 2. The van der Waals surface area contributed by atoms with Gasteiger partial charge < -0.3 is 15.4 Å². The summed E-state index contributed by atoms with van der Waals surface area (Å²) in [6, 6.07) is 16.4. The first kappa shape index (κ1) is 19.2. The Labute approximate surface area is 152 Å². The van der Waals surface area contributed by atoms with Crippen LogP contribution in [-0.4, -0.2) is 24.4 Å². The van der Waals surface area contributed by atoms with E-state index in [0.717, 1.165) is 6.42 Å². The lowest BCUT2D eigenvalue weighted by atomic mass is 10.1. The third-order valence-electron chi connectivity index (χ3n) is 3.62. The van der Waals surface area contributed by atoms with Crippen LogP contribution in [0.15, 0.2) is 54.6 Å². The molecule has 0 unspecified atom stereocenters. The number of esters is 1. The molecular weight excluding hydrogens is 332 g/mol. The van der Waals surface area contributed by atoms with Crippen LogP contribution < -0.4 is 10.6 Å². The zero-order chi connectivity index (χ0) is 18.8. The summed E-state index contributed by atoms with van der Waals surface area (Å²) in [4.78, 5) is 35.2. The van der Waals surface area contributed by atoms with E-state index in [4.69, 9.17) is 4.74 Å². The van der Waals surface area contributed by atoms with Crippen LogP contribution in [0.5, 0.6) is 0 Å². The zero-order valence-electron chi connectivity index (χ0n) is 14.7. The second kappa shape index (κ2) is 9.98. The predicted molar refractivity (Wildman–Crippen MR) is 99.7 cm³/mol. The van der Waals surface area contributed by atoms with E-state index in [0.29, 0.717) is 11.4 Å². The van der Waals surface area contributed by atoms with Crippen molar-refractivity contribution in [2.24, 2.45) is 0 Å². The third-order valence-corrected chi connectivity index (χ3v) is 3.62. The molecule has 0 spiro atoms. The summed E-state index contributed by atoms with van der Waals surface area (Å²) in [6.07, 6.45) is 0.828. The van der Waals surface area contributed by atoms with Crippen molar-refractivity contribution in [1.29, 1.82) is 0 Å². The molecule has 0 radical (unpaired) electrons. The van der Waals surface area contributed by atoms with Crippen LogP contribution in [0.4, 0.5) is 11.4 Å². The lowest BCUT2D eigenvalue weighted by Gasteiger charge is -2.07. The Morgan fingerprint density at radius 3 is 2.08 bits per heavy atom. The molecule has 26 heavy (non-hydrogen) atoms. The predicted octanol–water partition coefficient (Wildman–Crippen LogP) is 3.15. The second-order valence-electron chi connectivity index (χ2n) is 5.67. The fraction of sp³-hybridized carbons (Fsp3) is 0.250. The van der Waals surface area contributed by atoms with E-state index in [2.05, 4.69) is 10.6 Å².